The summed E-state index contributed by atoms with van der Waals surface area (Å²) in [6.07, 6.45) is 2.31. The van der Waals surface area contributed by atoms with Crippen molar-refractivity contribution in [3.63, 3.8) is 0 Å². The zero-order chi connectivity index (χ0) is 23.7. The van der Waals surface area contributed by atoms with Crippen LogP contribution in [0.4, 0.5) is 11.4 Å². The topological polar surface area (TPSA) is 95.1 Å². The molecule has 0 aliphatic carbocycles. The summed E-state index contributed by atoms with van der Waals surface area (Å²) in [6.45, 7) is 2.54. The highest BCUT2D eigenvalue weighted by Gasteiger charge is 2.27. The van der Waals surface area contributed by atoms with Crippen LogP contribution in [0.1, 0.15) is 24.0 Å². The number of amides is 1. The summed E-state index contributed by atoms with van der Waals surface area (Å²) in [7, 11) is -4.06. The third-order valence-electron chi connectivity index (χ3n) is 5.56. The van der Waals surface area contributed by atoms with E-state index < -0.39 is 20.0 Å². The molecule has 1 aliphatic heterocycles. The first-order chi connectivity index (χ1) is 14.9. The van der Waals surface area contributed by atoms with Crippen molar-refractivity contribution in [2.45, 2.75) is 31.1 Å². The molecule has 10 heteroatoms. The molecule has 0 saturated heterocycles. The first-order valence-electron chi connectivity index (χ1n) is 10.3. The second kappa shape index (κ2) is 9.21. The van der Waals surface area contributed by atoms with Crippen LogP contribution < -0.4 is 9.21 Å². The molecule has 0 N–H and O–H groups in total. The lowest BCUT2D eigenvalue weighted by molar-refractivity contribution is -0.118. The molecule has 0 unspecified atom stereocenters. The molecule has 1 heterocycles. The van der Waals surface area contributed by atoms with Crippen LogP contribution in [0.5, 0.6) is 0 Å². The number of para-hydroxylation sites is 1. The van der Waals surface area contributed by atoms with Crippen LogP contribution in [0.15, 0.2) is 47.4 Å². The van der Waals surface area contributed by atoms with Gasteiger partial charge in [-0.2, -0.15) is 0 Å². The molecule has 3 rings (SSSR count). The van der Waals surface area contributed by atoms with Gasteiger partial charge in [-0.3, -0.25) is 9.10 Å². The molecule has 0 aromatic heterocycles. The minimum absolute atomic E-state index is 0.106. The molecular weight excluding hydrogens is 450 g/mol. The number of benzene rings is 2. The molecule has 0 spiro atoms. The number of anilines is 2. The number of fused-ring (bicyclic) bond motifs is 1. The summed E-state index contributed by atoms with van der Waals surface area (Å²) in [6, 6.07) is 12.1. The minimum atomic E-state index is -3.54. The number of carbonyl (C=O) groups is 1. The lowest BCUT2D eigenvalue weighted by atomic mass is 10.1. The van der Waals surface area contributed by atoms with E-state index in [-0.39, 0.29) is 23.8 Å². The standard InChI is InChI=1S/C22H29N3O5S2/c1-17-8-5-6-9-20(17)25(31(4,27)28)14-7-10-22(26)24-15-13-18-16-19(11-12-21(18)24)32(29,30)23(2)3/h5-6,8-9,11-12,16H,7,10,13-15H2,1-4H3. The SMILES string of the molecule is Cc1ccccc1N(CCCC(=O)N1CCc2cc(S(=O)(=O)N(C)C)ccc21)S(C)(=O)=O. The van der Waals surface area contributed by atoms with Crippen molar-refractivity contribution >= 4 is 37.3 Å². The molecular formula is C22H29N3O5S2. The Bertz CT molecular complexity index is 1220. The number of hydrogen-bond donors (Lipinski definition) is 0. The Hall–Kier alpha value is -2.43. The number of carbonyl (C=O) groups excluding carboxylic acids is 1. The Morgan fingerprint density at radius 2 is 1.75 bits per heavy atom. The van der Waals surface area contributed by atoms with E-state index in [0.29, 0.717) is 30.8 Å². The highest BCUT2D eigenvalue weighted by molar-refractivity contribution is 7.92. The van der Waals surface area contributed by atoms with Crippen LogP contribution >= 0.6 is 0 Å². The van der Waals surface area contributed by atoms with E-state index in [0.717, 1.165) is 21.7 Å². The van der Waals surface area contributed by atoms with Crippen molar-refractivity contribution in [1.29, 1.82) is 0 Å². The lowest BCUT2D eigenvalue weighted by Gasteiger charge is -2.24. The third kappa shape index (κ3) is 4.97. The Kier molecular flexibility index (Phi) is 6.97. The maximum absolute atomic E-state index is 12.9. The van der Waals surface area contributed by atoms with Crippen LogP contribution in [0.2, 0.25) is 0 Å². The fourth-order valence-corrected chi connectivity index (χ4v) is 5.80. The lowest BCUT2D eigenvalue weighted by Crippen LogP contribution is -2.33. The second-order valence-electron chi connectivity index (χ2n) is 8.10. The highest BCUT2D eigenvalue weighted by Crippen LogP contribution is 2.31. The Balaban J connectivity index is 1.70. The van der Waals surface area contributed by atoms with E-state index in [1.54, 1.807) is 29.2 Å². The van der Waals surface area contributed by atoms with Gasteiger partial charge in [0.15, 0.2) is 0 Å². The van der Waals surface area contributed by atoms with Gasteiger partial charge in [-0.1, -0.05) is 18.2 Å². The summed E-state index contributed by atoms with van der Waals surface area (Å²) < 4.78 is 51.9. The zero-order valence-corrected chi connectivity index (χ0v) is 20.4. The van der Waals surface area contributed by atoms with Gasteiger partial charge in [-0.25, -0.2) is 21.1 Å². The zero-order valence-electron chi connectivity index (χ0n) is 18.8. The van der Waals surface area contributed by atoms with Crippen LogP contribution in [0.3, 0.4) is 0 Å². The van der Waals surface area contributed by atoms with Crippen LogP contribution in [0, 0.1) is 6.92 Å². The van der Waals surface area contributed by atoms with Crippen molar-refractivity contribution < 1.29 is 21.6 Å². The van der Waals surface area contributed by atoms with Gasteiger partial charge in [-0.05, 0) is 55.2 Å². The van der Waals surface area contributed by atoms with E-state index in [9.17, 15) is 21.6 Å². The molecule has 8 nitrogen and oxygen atoms in total. The first kappa shape index (κ1) is 24.2. The second-order valence-corrected chi connectivity index (χ2v) is 12.2. The smallest absolute Gasteiger partial charge is 0.242 e. The number of nitrogens with zero attached hydrogens (tertiary/aromatic N) is 3. The molecule has 32 heavy (non-hydrogen) atoms. The number of sulfonamides is 2. The van der Waals surface area contributed by atoms with Crippen molar-refractivity contribution in [1.82, 2.24) is 4.31 Å². The molecule has 0 radical (unpaired) electrons. The van der Waals surface area contributed by atoms with Gasteiger partial charge in [0.25, 0.3) is 0 Å². The van der Waals surface area contributed by atoms with Gasteiger partial charge in [0.05, 0.1) is 16.8 Å². The average Bonchev–Trinajstić information content (AvgIpc) is 3.14. The average molecular weight is 480 g/mol. The summed E-state index contributed by atoms with van der Waals surface area (Å²) in [4.78, 5) is 14.7. The quantitative estimate of drug-likeness (QED) is 0.579. The van der Waals surface area contributed by atoms with Crippen LogP contribution in [-0.4, -0.2) is 60.5 Å². The Morgan fingerprint density at radius 1 is 1.06 bits per heavy atom. The Morgan fingerprint density at radius 3 is 2.38 bits per heavy atom. The summed E-state index contributed by atoms with van der Waals surface area (Å²) in [5.74, 6) is -0.106. The summed E-state index contributed by atoms with van der Waals surface area (Å²) >= 11 is 0. The highest BCUT2D eigenvalue weighted by atomic mass is 32.2. The van der Waals surface area contributed by atoms with Crippen molar-refractivity contribution in [2.75, 3.05) is 42.6 Å². The number of rotatable bonds is 8. The van der Waals surface area contributed by atoms with E-state index in [2.05, 4.69) is 0 Å². The fraction of sp³-hybridized carbons (Fsp3) is 0.409. The van der Waals surface area contributed by atoms with Gasteiger partial charge in [0.1, 0.15) is 0 Å². The number of aryl methyl sites for hydroxylation is 1. The number of hydrogen-bond acceptors (Lipinski definition) is 5. The molecule has 2 aromatic carbocycles. The molecule has 0 fully saturated rings. The summed E-state index contributed by atoms with van der Waals surface area (Å²) in [5, 5.41) is 0. The van der Waals surface area contributed by atoms with Crippen molar-refractivity contribution in [2.24, 2.45) is 0 Å². The predicted octanol–water partition coefficient (Wildman–Crippen LogP) is 2.38. The molecule has 0 bridgehead atoms. The normalized spacial score (nSPS) is 14.0. The molecule has 174 valence electrons. The first-order valence-corrected chi connectivity index (χ1v) is 13.6. The fourth-order valence-electron chi connectivity index (χ4n) is 3.83. The van der Waals surface area contributed by atoms with Gasteiger partial charge in [-0.15, -0.1) is 0 Å². The molecule has 1 amide bonds. The Labute approximate surface area is 190 Å². The third-order valence-corrected chi connectivity index (χ3v) is 8.55. The maximum atomic E-state index is 12.9. The molecule has 1 aliphatic rings. The molecule has 0 atom stereocenters. The van der Waals surface area contributed by atoms with Gasteiger partial charge in [0.2, 0.25) is 26.0 Å². The van der Waals surface area contributed by atoms with E-state index in [4.69, 9.17) is 0 Å². The monoisotopic (exact) mass is 479 g/mol. The van der Waals surface area contributed by atoms with E-state index >= 15 is 0 Å². The van der Waals surface area contributed by atoms with E-state index in [1.165, 1.54) is 24.5 Å². The van der Waals surface area contributed by atoms with Crippen molar-refractivity contribution in [3.8, 4) is 0 Å². The van der Waals surface area contributed by atoms with E-state index in [1.807, 2.05) is 19.1 Å². The molecule has 0 saturated carbocycles. The van der Waals surface area contributed by atoms with Crippen LogP contribution in [-0.2, 0) is 31.3 Å². The van der Waals surface area contributed by atoms with Crippen molar-refractivity contribution in [3.05, 3.63) is 53.6 Å². The molecule has 2 aromatic rings. The van der Waals surface area contributed by atoms with Crippen LogP contribution in [0.25, 0.3) is 0 Å². The largest absolute Gasteiger partial charge is 0.312 e. The van der Waals surface area contributed by atoms with Gasteiger partial charge < -0.3 is 4.90 Å². The van der Waals surface area contributed by atoms with Gasteiger partial charge >= 0.3 is 0 Å². The predicted molar refractivity (Wildman–Crippen MR) is 126 cm³/mol. The summed E-state index contributed by atoms with van der Waals surface area (Å²) in [5.41, 5.74) is 3.00. The maximum Gasteiger partial charge on any atom is 0.242 e. The van der Waals surface area contributed by atoms with Gasteiger partial charge in [0, 0.05) is 39.3 Å². The minimum Gasteiger partial charge on any atom is -0.312 e.